The summed E-state index contributed by atoms with van der Waals surface area (Å²) in [4.78, 5) is 15.8. The molecule has 1 amide bonds. The molecular formula is C13H21N3O2. The number of carbonyl (C=O) groups is 1. The molecule has 0 aliphatic heterocycles. The number of aromatic nitrogens is 1. The predicted octanol–water partition coefficient (Wildman–Crippen LogP) is 1.08. The number of nitrogens with one attached hydrogen (secondary N) is 1. The van der Waals surface area contributed by atoms with Gasteiger partial charge in [-0.15, -0.1) is 0 Å². The van der Waals surface area contributed by atoms with Gasteiger partial charge in [-0.05, 0) is 18.4 Å². The van der Waals surface area contributed by atoms with Crippen molar-refractivity contribution in [1.29, 1.82) is 0 Å². The SMILES string of the molecule is COc1ncccc1CNC(=O)C(N)CC(C)C. The van der Waals surface area contributed by atoms with Crippen molar-refractivity contribution in [1.82, 2.24) is 10.3 Å². The van der Waals surface area contributed by atoms with Gasteiger partial charge in [0.25, 0.3) is 0 Å². The Balaban J connectivity index is 2.52. The number of hydrogen-bond acceptors (Lipinski definition) is 4. The Morgan fingerprint density at radius 1 is 1.56 bits per heavy atom. The molecule has 0 aliphatic carbocycles. The monoisotopic (exact) mass is 251 g/mol. The molecule has 1 aromatic rings. The molecule has 1 atom stereocenters. The fourth-order valence-electron chi connectivity index (χ4n) is 1.67. The van der Waals surface area contributed by atoms with Crippen molar-refractivity contribution >= 4 is 5.91 Å². The lowest BCUT2D eigenvalue weighted by Gasteiger charge is -2.14. The fourth-order valence-corrected chi connectivity index (χ4v) is 1.67. The molecule has 5 nitrogen and oxygen atoms in total. The molecule has 1 heterocycles. The molecule has 3 N–H and O–H groups in total. The molecule has 0 radical (unpaired) electrons. The van der Waals surface area contributed by atoms with E-state index in [1.165, 1.54) is 0 Å². The van der Waals surface area contributed by atoms with E-state index < -0.39 is 6.04 Å². The van der Waals surface area contributed by atoms with Crippen molar-refractivity contribution < 1.29 is 9.53 Å². The van der Waals surface area contributed by atoms with Gasteiger partial charge in [0.2, 0.25) is 11.8 Å². The molecule has 100 valence electrons. The lowest BCUT2D eigenvalue weighted by atomic mass is 10.0. The molecule has 18 heavy (non-hydrogen) atoms. The first kappa shape index (κ1) is 14.4. The van der Waals surface area contributed by atoms with Gasteiger partial charge in [0.1, 0.15) is 0 Å². The number of amides is 1. The van der Waals surface area contributed by atoms with Gasteiger partial charge in [-0.1, -0.05) is 19.9 Å². The molecule has 0 saturated heterocycles. The summed E-state index contributed by atoms with van der Waals surface area (Å²) >= 11 is 0. The van der Waals surface area contributed by atoms with Crippen molar-refractivity contribution in [3.05, 3.63) is 23.9 Å². The largest absolute Gasteiger partial charge is 0.481 e. The third-order valence-corrected chi connectivity index (χ3v) is 2.56. The first-order chi connectivity index (χ1) is 8.54. The summed E-state index contributed by atoms with van der Waals surface area (Å²) < 4.78 is 5.11. The van der Waals surface area contributed by atoms with Crippen molar-refractivity contribution in [2.24, 2.45) is 11.7 Å². The summed E-state index contributed by atoms with van der Waals surface area (Å²) in [5, 5.41) is 2.79. The highest BCUT2D eigenvalue weighted by molar-refractivity contribution is 5.81. The van der Waals surface area contributed by atoms with Crippen molar-refractivity contribution in [2.75, 3.05) is 7.11 Å². The normalized spacial score (nSPS) is 12.3. The van der Waals surface area contributed by atoms with Crippen LogP contribution in [0.4, 0.5) is 0 Å². The number of carbonyl (C=O) groups excluding carboxylic acids is 1. The Bertz CT molecular complexity index is 394. The maximum absolute atomic E-state index is 11.8. The first-order valence-electron chi connectivity index (χ1n) is 6.05. The fraction of sp³-hybridized carbons (Fsp3) is 0.538. The summed E-state index contributed by atoms with van der Waals surface area (Å²) in [6.45, 7) is 4.45. The van der Waals surface area contributed by atoms with Crippen molar-refractivity contribution in [2.45, 2.75) is 32.9 Å². The zero-order valence-corrected chi connectivity index (χ0v) is 11.1. The van der Waals surface area contributed by atoms with E-state index in [0.717, 1.165) is 5.56 Å². The molecule has 5 heteroatoms. The molecule has 0 bridgehead atoms. The summed E-state index contributed by atoms with van der Waals surface area (Å²) in [7, 11) is 1.55. The predicted molar refractivity (Wildman–Crippen MR) is 70.1 cm³/mol. The van der Waals surface area contributed by atoms with Gasteiger partial charge in [0.15, 0.2) is 0 Å². The first-order valence-corrected chi connectivity index (χ1v) is 6.05. The molecule has 1 rings (SSSR count). The van der Waals surface area contributed by atoms with E-state index in [9.17, 15) is 4.79 Å². The van der Waals surface area contributed by atoms with Crippen LogP contribution in [-0.2, 0) is 11.3 Å². The van der Waals surface area contributed by atoms with Crippen LogP contribution in [0.2, 0.25) is 0 Å². The number of methoxy groups -OCH3 is 1. The third kappa shape index (κ3) is 4.33. The van der Waals surface area contributed by atoms with E-state index in [-0.39, 0.29) is 5.91 Å². The number of nitrogens with zero attached hydrogens (tertiary/aromatic N) is 1. The summed E-state index contributed by atoms with van der Waals surface area (Å²) in [5.41, 5.74) is 6.63. The minimum absolute atomic E-state index is 0.144. The average Bonchev–Trinajstić information content (AvgIpc) is 2.35. The van der Waals surface area contributed by atoms with Crippen molar-refractivity contribution in [3.63, 3.8) is 0 Å². The zero-order valence-electron chi connectivity index (χ0n) is 11.1. The maximum atomic E-state index is 11.8. The van der Waals surface area contributed by atoms with Gasteiger partial charge < -0.3 is 15.8 Å². The van der Waals surface area contributed by atoms with Crippen LogP contribution >= 0.6 is 0 Å². The molecule has 1 aromatic heterocycles. The second-order valence-corrected chi connectivity index (χ2v) is 4.63. The molecular weight excluding hydrogens is 230 g/mol. The van der Waals surface area contributed by atoms with Crippen LogP contribution in [0.5, 0.6) is 5.88 Å². The second-order valence-electron chi connectivity index (χ2n) is 4.63. The Labute approximate surface area is 108 Å². The van der Waals surface area contributed by atoms with Crippen LogP contribution in [0.25, 0.3) is 0 Å². The number of pyridine rings is 1. The summed E-state index contributed by atoms with van der Waals surface area (Å²) in [6, 6.07) is 3.20. The van der Waals surface area contributed by atoms with Gasteiger partial charge >= 0.3 is 0 Å². The van der Waals surface area contributed by atoms with Gasteiger partial charge in [-0.25, -0.2) is 4.98 Å². The molecule has 1 unspecified atom stereocenters. The molecule has 0 aromatic carbocycles. The molecule has 0 spiro atoms. The summed E-state index contributed by atoms with van der Waals surface area (Å²) in [6.07, 6.45) is 2.32. The maximum Gasteiger partial charge on any atom is 0.237 e. The lowest BCUT2D eigenvalue weighted by Crippen LogP contribution is -2.41. The van der Waals surface area contributed by atoms with Gasteiger partial charge in [0, 0.05) is 18.3 Å². The third-order valence-electron chi connectivity index (χ3n) is 2.56. The van der Waals surface area contributed by atoms with E-state index in [1.54, 1.807) is 19.4 Å². The quantitative estimate of drug-likeness (QED) is 0.793. The van der Waals surface area contributed by atoms with Gasteiger partial charge in [0.05, 0.1) is 13.2 Å². The van der Waals surface area contributed by atoms with E-state index in [4.69, 9.17) is 10.5 Å². The van der Waals surface area contributed by atoms with Crippen LogP contribution in [0.1, 0.15) is 25.8 Å². The number of hydrogen-bond donors (Lipinski definition) is 2. The minimum Gasteiger partial charge on any atom is -0.481 e. The van der Waals surface area contributed by atoms with Gasteiger partial charge in [-0.2, -0.15) is 0 Å². The van der Waals surface area contributed by atoms with E-state index in [1.807, 2.05) is 19.9 Å². The van der Waals surface area contributed by atoms with E-state index >= 15 is 0 Å². The number of nitrogens with two attached hydrogens (primary N) is 1. The topological polar surface area (TPSA) is 77.2 Å². The van der Waals surface area contributed by atoms with E-state index in [2.05, 4.69) is 10.3 Å². The van der Waals surface area contributed by atoms with Crippen LogP contribution in [0.15, 0.2) is 18.3 Å². The standard InChI is InChI=1S/C13H21N3O2/c1-9(2)7-11(14)12(17)16-8-10-5-4-6-15-13(10)18-3/h4-6,9,11H,7-8,14H2,1-3H3,(H,16,17). The molecule has 0 saturated carbocycles. The van der Waals surface area contributed by atoms with Crippen LogP contribution in [0.3, 0.4) is 0 Å². The van der Waals surface area contributed by atoms with Crippen molar-refractivity contribution in [3.8, 4) is 5.88 Å². The van der Waals surface area contributed by atoms with Gasteiger partial charge in [-0.3, -0.25) is 4.79 Å². The Morgan fingerprint density at radius 3 is 2.89 bits per heavy atom. The second kappa shape index (κ2) is 6.96. The highest BCUT2D eigenvalue weighted by atomic mass is 16.5. The highest BCUT2D eigenvalue weighted by Gasteiger charge is 2.15. The Morgan fingerprint density at radius 2 is 2.28 bits per heavy atom. The smallest absolute Gasteiger partial charge is 0.237 e. The number of rotatable bonds is 6. The number of ether oxygens (including phenoxy) is 1. The minimum atomic E-state index is -0.465. The van der Waals surface area contributed by atoms with Crippen LogP contribution in [-0.4, -0.2) is 24.0 Å². The lowest BCUT2D eigenvalue weighted by molar-refractivity contribution is -0.122. The van der Waals surface area contributed by atoms with E-state index in [0.29, 0.717) is 24.8 Å². The highest BCUT2D eigenvalue weighted by Crippen LogP contribution is 2.13. The molecule has 0 fully saturated rings. The van der Waals surface area contributed by atoms with Crippen LogP contribution < -0.4 is 15.8 Å². The average molecular weight is 251 g/mol. The zero-order chi connectivity index (χ0) is 13.5. The van der Waals surface area contributed by atoms with Crippen LogP contribution in [0, 0.1) is 5.92 Å². The Kier molecular flexibility index (Phi) is 5.58. The molecule has 0 aliphatic rings. The Hall–Kier alpha value is -1.62. The summed E-state index contributed by atoms with van der Waals surface area (Å²) in [5.74, 6) is 0.781.